The van der Waals surface area contributed by atoms with Gasteiger partial charge >= 0.3 is 0 Å². The molecule has 0 aliphatic carbocycles. The number of hydrogen-bond acceptors (Lipinski definition) is 4. The molecule has 0 spiro atoms. The van der Waals surface area contributed by atoms with Gasteiger partial charge in [-0.2, -0.15) is 0 Å². The molecule has 2 heterocycles. The van der Waals surface area contributed by atoms with Crippen molar-refractivity contribution in [2.45, 2.75) is 39.8 Å². The Morgan fingerprint density at radius 2 is 2.04 bits per heavy atom. The molecule has 5 nitrogen and oxygen atoms in total. The van der Waals surface area contributed by atoms with E-state index in [0.29, 0.717) is 5.92 Å². The third kappa shape index (κ3) is 6.31. The molecule has 1 N–H and O–H groups in total. The van der Waals surface area contributed by atoms with Crippen molar-refractivity contribution in [2.75, 3.05) is 33.2 Å². The van der Waals surface area contributed by atoms with Gasteiger partial charge in [-0.3, -0.25) is 9.89 Å². The molecule has 1 aliphatic heterocycles. The number of nitrogens with one attached hydrogen (secondary N) is 1. The van der Waals surface area contributed by atoms with Crippen LogP contribution in [0.2, 0.25) is 0 Å². The number of likely N-dealkylation sites (tertiary alicyclic amines) is 1. The molecule has 0 bridgehead atoms. The van der Waals surface area contributed by atoms with Gasteiger partial charge in [-0.25, -0.2) is 4.98 Å². The van der Waals surface area contributed by atoms with Gasteiger partial charge in [-0.1, -0.05) is 30.3 Å². The predicted octanol–water partition coefficient (Wildman–Crippen LogP) is 3.76. The highest BCUT2D eigenvalue weighted by molar-refractivity contribution is 7.09. The molecule has 2 aromatic rings. The lowest BCUT2D eigenvalue weighted by Crippen LogP contribution is -2.39. The number of guanidine groups is 1. The molecule has 28 heavy (non-hydrogen) atoms. The van der Waals surface area contributed by atoms with E-state index in [1.54, 1.807) is 11.3 Å². The number of aromatic nitrogens is 1. The second kappa shape index (κ2) is 10.6. The second-order valence-electron chi connectivity index (χ2n) is 7.61. The van der Waals surface area contributed by atoms with E-state index in [1.165, 1.54) is 24.1 Å². The average molecular weight is 400 g/mol. The van der Waals surface area contributed by atoms with E-state index in [2.05, 4.69) is 76.7 Å². The fraction of sp³-hybridized carbons (Fsp3) is 0.545. The highest BCUT2D eigenvalue weighted by atomic mass is 32.1. The Balaban J connectivity index is 1.48. The molecule has 0 saturated carbocycles. The van der Waals surface area contributed by atoms with E-state index < -0.39 is 0 Å². The van der Waals surface area contributed by atoms with E-state index >= 15 is 0 Å². The molecule has 0 atom stereocenters. The summed E-state index contributed by atoms with van der Waals surface area (Å²) in [6, 6.07) is 10.6. The van der Waals surface area contributed by atoms with Crippen LogP contribution in [-0.4, -0.2) is 54.0 Å². The smallest absolute Gasteiger partial charge is 0.193 e. The van der Waals surface area contributed by atoms with Gasteiger partial charge in [-0.05, 0) is 51.3 Å². The molecule has 0 radical (unpaired) electrons. The van der Waals surface area contributed by atoms with Crippen LogP contribution in [0.4, 0.5) is 0 Å². The maximum Gasteiger partial charge on any atom is 0.193 e. The van der Waals surface area contributed by atoms with Gasteiger partial charge < -0.3 is 10.2 Å². The van der Waals surface area contributed by atoms with Gasteiger partial charge in [0, 0.05) is 38.6 Å². The van der Waals surface area contributed by atoms with Crippen molar-refractivity contribution < 1.29 is 0 Å². The highest BCUT2D eigenvalue weighted by Crippen LogP contribution is 2.20. The molecular weight excluding hydrogens is 366 g/mol. The molecule has 1 saturated heterocycles. The monoisotopic (exact) mass is 399 g/mol. The van der Waals surface area contributed by atoms with Crippen molar-refractivity contribution in [2.24, 2.45) is 10.9 Å². The van der Waals surface area contributed by atoms with E-state index in [4.69, 9.17) is 4.99 Å². The Kier molecular flexibility index (Phi) is 7.86. The Morgan fingerprint density at radius 1 is 1.29 bits per heavy atom. The normalized spacial score (nSPS) is 16.3. The molecule has 0 amide bonds. The highest BCUT2D eigenvalue weighted by Gasteiger charge is 2.20. The van der Waals surface area contributed by atoms with Crippen LogP contribution in [0.25, 0.3) is 0 Å². The molecule has 0 unspecified atom stereocenters. The van der Waals surface area contributed by atoms with Crippen molar-refractivity contribution in [1.29, 1.82) is 0 Å². The van der Waals surface area contributed by atoms with Crippen molar-refractivity contribution in [3.05, 3.63) is 52.0 Å². The SMILES string of the molecule is CCNC(=NCC1CCN(Cc2csc(C)n2)CC1)N(C)Cc1ccccc1. The lowest BCUT2D eigenvalue weighted by atomic mass is 9.97. The maximum absolute atomic E-state index is 4.95. The van der Waals surface area contributed by atoms with Crippen molar-refractivity contribution in [3.8, 4) is 0 Å². The Morgan fingerprint density at radius 3 is 2.68 bits per heavy atom. The number of aliphatic imine (C=N–C) groups is 1. The summed E-state index contributed by atoms with van der Waals surface area (Å²) in [7, 11) is 2.12. The standard InChI is InChI=1S/C22H33N5S/c1-4-23-22(26(3)15-20-8-6-5-7-9-20)24-14-19-10-12-27(13-11-19)16-21-17-28-18(2)25-21/h5-9,17,19H,4,10-16H2,1-3H3,(H,23,24). The summed E-state index contributed by atoms with van der Waals surface area (Å²) in [5.74, 6) is 1.68. The molecule has 1 aromatic carbocycles. The first kappa shape index (κ1) is 20.8. The Labute approximate surface area is 173 Å². The fourth-order valence-electron chi connectivity index (χ4n) is 3.65. The number of benzene rings is 1. The molecule has 6 heteroatoms. The molecular formula is C22H33N5S. The third-order valence-corrected chi connectivity index (χ3v) is 6.04. The molecule has 3 rings (SSSR count). The first-order valence-electron chi connectivity index (χ1n) is 10.3. The maximum atomic E-state index is 4.95. The lowest BCUT2D eigenvalue weighted by molar-refractivity contribution is 0.179. The zero-order valence-electron chi connectivity index (χ0n) is 17.4. The van der Waals surface area contributed by atoms with Crippen LogP contribution in [0.3, 0.4) is 0 Å². The minimum absolute atomic E-state index is 0.673. The first-order valence-corrected chi connectivity index (χ1v) is 11.2. The van der Waals surface area contributed by atoms with Crippen LogP contribution in [0.15, 0.2) is 40.7 Å². The first-order chi connectivity index (χ1) is 13.6. The molecule has 1 fully saturated rings. The topological polar surface area (TPSA) is 43.8 Å². The number of aryl methyl sites for hydroxylation is 1. The third-order valence-electron chi connectivity index (χ3n) is 5.22. The van der Waals surface area contributed by atoms with E-state index in [1.807, 2.05) is 0 Å². The number of piperidine rings is 1. The number of hydrogen-bond donors (Lipinski definition) is 1. The van der Waals surface area contributed by atoms with Gasteiger partial charge in [0.2, 0.25) is 0 Å². The zero-order chi connectivity index (χ0) is 19.8. The summed E-state index contributed by atoms with van der Waals surface area (Å²) in [6.07, 6.45) is 2.43. The van der Waals surface area contributed by atoms with Gasteiger partial charge in [0.05, 0.1) is 10.7 Å². The van der Waals surface area contributed by atoms with Gasteiger partial charge in [-0.15, -0.1) is 11.3 Å². The summed E-state index contributed by atoms with van der Waals surface area (Å²) >= 11 is 1.75. The van der Waals surface area contributed by atoms with Crippen molar-refractivity contribution >= 4 is 17.3 Å². The quantitative estimate of drug-likeness (QED) is 0.569. The number of rotatable bonds is 7. The molecule has 1 aromatic heterocycles. The van der Waals surface area contributed by atoms with Crippen LogP contribution < -0.4 is 5.32 Å². The summed E-state index contributed by atoms with van der Waals surface area (Å²) in [5.41, 5.74) is 2.53. The van der Waals surface area contributed by atoms with E-state index in [-0.39, 0.29) is 0 Å². The van der Waals surface area contributed by atoms with Gasteiger partial charge in [0.25, 0.3) is 0 Å². The van der Waals surface area contributed by atoms with Crippen molar-refractivity contribution in [1.82, 2.24) is 20.1 Å². The van der Waals surface area contributed by atoms with Gasteiger partial charge in [0.15, 0.2) is 5.96 Å². The van der Waals surface area contributed by atoms with Gasteiger partial charge in [0.1, 0.15) is 0 Å². The summed E-state index contributed by atoms with van der Waals surface area (Å²) < 4.78 is 0. The van der Waals surface area contributed by atoms with E-state index in [0.717, 1.165) is 50.2 Å². The summed E-state index contributed by atoms with van der Waals surface area (Å²) in [6.45, 7) is 10.2. The summed E-state index contributed by atoms with van der Waals surface area (Å²) in [4.78, 5) is 14.3. The molecule has 152 valence electrons. The lowest BCUT2D eigenvalue weighted by Gasteiger charge is -2.31. The van der Waals surface area contributed by atoms with Crippen LogP contribution in [0.5, 0.6) is 0 Å². The minimum atomic E-state index is 0.673. The van der Waals surface area contributed by atoms with Crippen LogP contribution in [0, 0.1) is 12.8 Å². The number of nitrogens with zero attached hydrogens (tertiary/aromatic N) is 4. The second-order valence-corrected chi connectivity index (χ2v) is 8.68. The minimum Gasteiger partial charge on any atom is -0.357 e. The number of thiazole rings is 1. The van der Waals surface area contributed by atoms with Crippen molar-refractivity contribution in [3.63, 3.8) is 0 Å². The van der Waals surface area contributed by atoms with Crippen LogP contribution in [-0.2, 0) is 13.1 Å². The predicted molar refractivity (Wildman–Crippen MR) is 119 cm³/mol. The van der Waals surface area contributed by atoms with E-state index in [9.17, 15) is 0 Å². The van der Waals surface area contributed by atoms with Crippen LogP contribution in [0.1, 0.15) is 36.0 Å². The Hall–Kier alpha value is -1.92. The molecule has 1 aliphatic rings. The fourth-order valence-corrected chi connectivity index (χ4v) is 4.26. The Bertz CT molecular complexity index is 734. The zero-order valence-corrected chi connectivity index (χ0v) is 18.2. The van der Waals surface area contributed by atoms with Crippen LogP contribution >= 0.6 is 11.3 Å². The largest absolute Gasteiger partial charge is 0.357 e. The summed E-state index contributed by atoms with van der Waals surface area (Å²) in [5, 5.41) is 6.80. The average Bonchev–Trinajstić information content (AvgIpc) is 3.11.